The molecule has 6 nitrogen and oxygen atoms in total. The highest BCUT2D eigenvalue weighted by molar-refractivity contribution is 7.98. The van der Waals surface area contributed by atoms with Crippen LogP contribution in [0, 0.1) is 0 Å². The van der Waals surface area contributed by atoms with E-state index >= 15 is 0 Å². The van der Waals surface area contributed by atoms with Gasteiger partial charge in [0.2, 0.25) is 5.16 Å². The minimum atomic E-state index is -1.04. The molecular formula is C21H23ClN4O2S. The Morgan fingerprint density at radius 3 is 2.48 bits per heavy atom. The Morgan fingerprint density at radius 1 is 1.17 bits per heavy atom. The first kappa shape index (κ1) is 21.2. The molecular weight excluding hydrogens is 408 g/mol. The summed E-state index contributed by atoms with van der Waals surface area (Å²) >= 11 is 7.45. The molecule has 0 atom stereocenters. The maximum Gasteiger partial charge on any atom is 0.267 e. The topological polar surface area (TPSA) is 79.9 Å². The highest BCUT2D eigenvalue weighted by atomic mass is 35.5. The fourth-order valence-corrected chi connectivity index (χ4v) is 3.36. The Balaban J connectivity index is 1.55. The van der Waals surface area contributed by atoms with Crippen LogP contribution in [0.3, 0.4) is 0 Å². The number of anilines is 1. The fraction of sp³-hybridized carbons (Fsp3) is 0.286. The molecule has 0 aliphatic heterocycles. The molecule has 2 aromatic carbocycles. The van der Waals surface area contributed by atoms with E-state index in [9.17, 15) is 4.79 Å². The summed E-state index contributed by atoms with van der Waals surface area (Å²) in [6.45, 7) is 5.48. The number of nitrogens with zero attached hydrogens (tertiary/aromatic N) is 2. The van der Waals surface area contributed by atoms with Gasteiger partial charge in [0.1, 0.15) is 11.6 Å². The van der Waals surface area contributed by atoms with Gasteiger partial charge < -0.3 is 10.1 Å². The Hall–Kier alpha value is -2.51. The zero-order valence-electron chi connectivity index (χ0n) is 16.5. The van der Waals surface area contributed by atoms with Crippen molar-refractivity contribution in [1.82, 2.24) is 15.2 Å². The zero-order chi connectivity index (χ0) is 20.9. The number of aryl methyl sites for hydroxylation is 1. The molecule has 0 saturated carbocycles. The Labute approximate surface area is 179 Å². The van der Waals surface area contributed by atoms with Crippen molar-refractivity contribution in [2.75, 3.05) is 5.32 Å². The van der Waals surface area contributed by atoms with Crippen LogP contribution in [0.15, 0.2) is 53.7 Å². The highest BCUT2D eigenvalue weighted by Gasteiger charge is 2.30. The lowest BCUT2D eigenvalue weighted by atomic mass is 10.1. The maximum absolute atomic E-state index is 12.6. The van der Waals surface area contributed by atoms with E-state index in [0.717, 1.165) is 28.7 Å². The maximum atomic E-state index is 12.6. The lowest BCUT2D eigenvalue weighted by Crippen LogP contribution is -2.42. The molecule has 0 bridgehead atoms. The van der Waals surface area contributed by atoms with E-state index in [0.29, 0.717) is 16.5 Å². The molecule has 29 heavy (non-hydrogen) atoms. The van der Waals surface area contributed by atoms with Crippen LogP contribution in [0.2, 0.25) is 5.02 Å². The molecule has 2 N–H and O–H groups in total. The van der Waals surface area contributed by atoms with Gasteiger partial charge >= 0.3 is 0 Å². The van der Waals surface area contributed by atoms with E-state index < -0.39 is 5.60 Å². The third-order valence-corrected chi connectivity index (χ3v) is 5.33. The lowest BCUT2D eigenvalue weighted by molar-refractivity contribution is -0.128. The molecule has 0 saturated heterocycles. The van der Waals surface area contributed by atoms with E-state index in [4.69, 9.17) is 16.3 Å². The number of aromatic amines is 1. The van der Waals surface area contributed by atoms with Gasteiger partial charge in [0.15, 0.2) is 5.60 Å². The lowest BCUT2D eigenvalue weighted by Gasteiger charge is -2.25. The number of aromatic nitrogens is 3. The summed E-state index contributed by atoms with van der Waals surface area (Å²) in [7, 11) is 0. The van der Waals surface area contributed by atoms with Crippen LogP contribution in [0.5, 0.6) is 5.75 Å². The number of ether oxygens (including phenoxy) is 1. The summed E-state index contributed by atoms with van der Waals surface area (Å²) in [4.78, 5) is 17.0. The first-order valence-corrected chi connectivity index (χ1v) is 10.6. The summed E-state index contributed by atoms with van der Waals surface area (Å²) in [5, 5.41) is 11.3. The molecule has 3 aromatic rings. The van der Waals surface area contributed by atoms with Gasteiger partial charge in [-0.1, -0.05) is 42.4 Å². The SMILES string of the molecule is CCc1nc(SCc2ccc(NC(=O)C(C)(C)Oc3ccc(Cl)cc3)cc2)n[nH]1. The predicted octanol–water partition coefficient (Wildman–Crippen LogP) is 5.11. The van der Waals surface area contributed by atoms with Gasteiger partial charge in [0.05, 0.1) is 0 Å². The minimum Gasteiger partial charge on any atom is -0.478 e. The smallest absolute Gasteiger partial charge is 0.267 e. The van der Waals surface area contributed by atoms with Crippen LogP contribution in [0.25, 0.3) is 0 Å². The third-order valence-electron chi connectivity index (χ3n) is 4.16. The first-order chi connectivity index (χ1) is 13.9. The molecule has 8 heteroatoms. The molecule has 1 heterocycles. The standard InChI is InChI=1S/C21H23ClN4O2S/c1-4-18-24-20(26-25-18)29-13-14-5-9-16(10-6-14)23-19(27)21(2,3)28-17-11-7-15(22)8-12-17/h5-12H,4,13H2,1-3H3,(H,23,27)(H,24,25,26). The van der Waals surface area contributed by atoms with Crippen LogP contribution in [-0.4, -0.2) is 26.7 Å². The summed E-state index contributed by atoms with van der Waals surface area (Å²) in [5.41, 5.74) is 0.792. The molecule has 152 valence electrons. The second kappa shape index (κ2) is 9.33. The molecule has 0 radical (unpaired) electrons. The number of rotatable bonds is 8. The van der Waals surface area contributed by atoms with Gasteiger partial charge in [0.25, 0.3) is 5.91 Å². The number of hydrogen-bond acceptors (Lipinski definition) is 5. The van der Waals surface area contributed by atoms with Gasteiger partial charge in [-0.05, 0) is 55.8 Å². The highest BCUT2D eigenvalue weighted by Crippen LogP contribution is 2.23. The van der Waals surface area contributed by atoms with Crippen LogP contribution in [0.1, 0.15) is 32.2 Å². The fourth-order valence-electron chi connectivity index (χ4n) is 2.46. The van der Waals surface area contributed by atoms with Crippen LogP contribution < -0.4 is 10.1 Å². The Bertz CT molecular complexity index is 956. The minimum absolute atomic E-state index is 0.234. The normalized spacial score (nSPS) is 11.3. The van der Waals surface area contributed by atoms with Crippen molar-refractivity contribution >= 4 is 35.0 Å². The van der Waals surface area contributed by atoms with Gasteiger partial charge in [-0.25, -0.2) is 4.98 Å². The second-order valence-electron chi connectivity index (χ2n) is 6.92. The van der Waals surface area contributed by atoms with Crippen molar-refractivity contribution in [3.05, 3.63) is 64.9 Å². The van der Waals surface area contributed by atoms with E-state index in [1.807, 2.05) is 31.2 Å². The van der Waals surface area contributed by atoms with Crippen LogP contribution >= 0.6 is 23.4 Å². The van der Waals surface area contributed by atoms with Gasteiger partial charge in [0, 0.05) is 22.9 Å². The monoisotopic (exact) mass is 430 g/mol. The van der Waals surface area contributed by atoms with E-state index in [1.54, 1.807) is 49.9 Å². The number of amides is 1. The van der Waals surface area contributed by atoms with Gasteiger partial charge in [-0.2, -0.15) is 0 Å². The molecule has 0 spiro atoms. The Morgan fingerprint density at radius 2 is 1.86 bits per heavy atom. The first-order valence-electron chi connectivity index (χ1n) is 9.25. The molecule has 3 rings (SSSR count). The number of hydrogen-bond donors (Lipinski definition) is 2. The van der Waals surface area contributed by atoms with Crippen molar-refractivity contribution < 1.29 is 9.53 Å². The summed E-state index contributed by atoms with van der Waals surface area (Å²) in [5.74, 6) is 1.98. The van der Waals surface area contributed by atoms with Crippen molar-refractivity contribution in [3.8, 4) is 5.75 Å². The predicted molar refractivity (Wildman–Crippen MR) is 117 cm³/mol. The average molecular weight is 431 g/mol. The van der Waals surface area contributed by atoms with Crippen molar-refractivity contribution in [1.29, 1.82) is 0 Å². The molecule has 1 amide bonds. The number of nitrogens with one attached hydrogen (secondary N) is 2. The largest absolute Gasteiger partial charge is 0.478 e. The van der Waals surface area contributed by atoms with Gasteiger partial charge in [-0.3, -0.25) is 9.89 Å². The number of thioether (sulfide) groups is 1. The third kappa shape index (κ3) is 5.98. The Kier molecular flexibility index (Phi) is 6.82. The quantitative estimate of drug-likeness (QED) is 0.485. The number of carbonyl (C=O) groups excluding carboxylic acids is 1. The van der Waals surface area contributed by atoms with Gasteiger partial charge in [-0.15, -0.1) is 5.10 Å². The molecule has 0 aliphatic rings. The van der Waals surface area contributed by atoms with Crippen LogP contribution in [0.4, 0.5) is 5.69 Å². The summed E-state index contributed by atoms with van der Waals surface area (Å²) in [6, 6.07) is 14.6. The van der Waals surface area contributed by atoms with Crippen LogP contribution in [-0.2, 0) is 17.0 Å². The van der Waals surface area contributed by atoms with Crippen molar-refractivity contribution in [3.63, 3.8) is 0 Å². The van der Waals surface area contributed by atoms with E-state index in [-0.39, 0.29) is 5.91 Å². The molecule has 0 unspecified atom stereocenters. The van der Waals surface area contributed by atoms with E-state index in [2.05, 4.69) is 20.5 Å². The summed E-state index contributed by atoms with van der Waals surface area (Å²) < 4.78 is 5.82. The summed E-state index contributed by atoms with van der Waals surface area (Å²) in [6.07, 6.45) is 0.833. The number of halogens is 1. The molecule has 0 fully saturated rings. The van der Waals surface area contributed by atoms with Crippen molar-refractivity contribution in [2.45, 2.75) is 43.7 Å². The number of carbonyl (C=O) groups is 1. The molecule has 0 aliphatic carbocycles. The molecule has 1 aromatic heterocycles. The number of benzene rings is 2. The second-order valence-corrected chi connectivity index (χ2v) is 8.30. The van der Waals surface area contributed by atoms with Crippen molar-refractivity contribution in [2.24, 2.45) is 0 Å². The average Bonchev–Trinajstić information content (AvgIpc) is 3.17. The van der Waals surface area contributed by atoms with E-state index in [1.165, 1.54) is 0 Å². The zero-order valence-corrected chi connectivity index (χ0v) is 18.1. The number of H-pyrrole nitrogens is 1.